The summed E-state index contributed by atoms with van der Waals surface area (Å²) in [6.45, 7) is 2.23. The molecule has 0 bridgehead atoms. The van der Waals surface area contributed by atoms with Crippen LogP contribution in [-0.2, 0) is 4.74 Å². The topological polar surface area (TPSA) is 46.8 Å². The van der Waals surface area contributed by atoms with Gasteiger partial charge in [-0.1, -0.05) is 29.3 Å². The first-order chi connectivity index (χ1) is 12.1. The van der Waals surface area contributed by atoms with Gasteiger partial charge in [0.2, 0.25) is 5.82 Å². The van der Waals surface area contributed by atoms with Gasteiger partial charge in [-0.2, -0.15) is 0 Å². The molecule has 0 N–H and O–H groups in total. The Morgan fingerprint density at radius 2 is 1.92 bits per heavy atom. The predicted molar refractivity (Wildman–Crippen MR) is 97.4 cm³/mol. The summed E-state index contributed by atoms with van der Waals surface area (Å²) in [5.41, 5.74) is 2.23. The Labute approximate surface area is 154 Å². The minimum absolute atomic E-state index is 0.110. The van der Waals surface area contributed by atoms with Gasteiger partial charge in [-0.3, -0.25) is 9.20 Å². The van der Waals surface area contributed by atoms with Crippen molar-refractivity contribution in [2.24, 2.45) is 0 Å². The number of halogens is 2. The maximum absolute atomic E-state index is 12.9. The fourth-order valence-electron chi connectivity index (χ4n) is 2.98. The van der Waals surface area contributed by atoms with Crippen molar-refractivity contribution < 1.29 is 9.53 Å². The zero-order valence-corrected chi connectivity index (χ0v) is 14.8. The maximum Gasteiger partial charge on any atom is 0.290 e. The van der Waals surface area contributed by atoms with Crippen molar-refractivity contribution in [2.45, 2.75) is 0 Å². The van der Waals surface area contributed by atoms with E-state index in [1.54, 1.807) is 21.4 Å². The van der Waals surface area contributed by atoms with Gasteiger partial charge in [0, 0.05) is 29.9 Å². The number of carbonyl (C=O) groups is 1. The third-order valence-corrected chi connectivity index (χ3v) is 4.77. The van der Waals surface area contributed by atoms with Crippen LogP contribution in [0.5, 0.6) is 0 Å². The van der Waals surface area contributed by atoms with Gasteiger partial charge in [-0.25, -0.2) is 4.98 Å². The summed E-state index contributed by atoms with van der Waals surface area (Å²) >= 11 is 12.4. The molecule has 0 spiro atoms. The van der Waals surface area contributed by atoms with Crippen LogP contribution in [0, 0.1) is 0 Å². The number of nitrogens with zero attached hydrogens (tertiary/aromatic N) is 3. The standard InChI is InChI=1S/C18H15Cl2N3O2/c19-12-4-5-13(14(20)11-12)16-15-3-1-2-6-23(15)17(21-16)18(24)22-7-9-25-10-8-22/h1-6,11H,7-10H2. The lowest BCUT2D eigenvalue weighted by Crippen LogP contribution is -2.41. The highest BCUT2D eigenvalue weighted by Gasteiger charge is 2.25. The molecule has 4 rings (SSSR count). The quantitative estimate of drug-likeness (QED) is 0.684. The fraction of sp³-hybridized carbons (Fsp3) is 0.222. The van der Waals surface area contributed by atoms with Crippen LogP contribution in [0.2, 0.25) is 10.0 Å². The van der Waals surface area contributed by atoms with E-state index in [2.05, 4.69) is 4.98 Å². The van der Waals surface area contributed by atoms with Crippen LogP contribution in [0.15, 0.2) is 42.6 Å². The third kappa shape index (κ3) is 2.99. The molecule has 5 nitrogen and oxygen atoms in total. The first-order valence-corrected chi connectivity index (χ1v) is 8.70. The molecule has 7 heteroatoms. The predicted octanol–water partition coefficient (Wildman–Crippen LogP) is 3.78. The molecular weight excluding hydrogens is 361 g/mol. The first-order valence-electron chi connectivity index (χ1n) is 7.94. The highest BCUT2D eigenvalue weighted by molar-refractivity contribution is 6.36. The molecule has 128 valence electrons. The minimum atomic E-state index is -0.110. The molecule has 0 radical (unpaired) electrons. The largest absolute Gasteiger partial charge is 0.378 e. The monoisotopic (exact) mass is 375 g/mol. The van der Waals surface area contributed by atoms with E-state index >= 15 is 0 Å². The summed E-state index contributed by atoms with van der Waals surface area (Å²) in [5.74, 6) is 0.263. The van der Waals surface area contributed by atoms with E-state index in [-0.39, 0.29) is 5.91 Å². The number of rotatable bonds is 2. The number of pyridine rings is 1. The molecule has 2 aromatic heterocycles. The van der Waals surface area contributed by atoms with Gasteiger partial charge in [0.1, 0.15) is 0 Å². The molecule has 1 saturated heterocycles. The van der Waals surface area contributed by atoms with Crippen molar-refractivity contribution in [1.82, 2.24) is 14.3 Å². The lowest BCUT2D eigenvalue weighted by molar-refractivity contribution is 0.0294. The molecule has 25 heavy (non-hydrogen) atoms. The van der Waals surface area contributed by atoms with Crippen molar-refractivity contribution >= 4 is 34.6 Å². The molecule has 1 aliphatic heterocycles. The summed E-state index contributed by atoms with van der Waals surface area (Å²) in [5, 5.41) is 1.06. The molecule has 0 saturated carbocycles. The Balaban J connectivity index is 1.85. The van der Waals surface area contributed by atoms with Crippen LogP contribution in [0.3, 0.4) is 0 Å². The van der Waals surface area contributed by atoms with Crippen LogP contribution >= 0.6 is 23.2 Å². The second-order valence-corrected chi connectivity index (χ2v) is 6.61. The van der Waals surface area contributed by atoms with E-state index < -0.39 is 0 Å². The third-order valence-electron chi connectivity index (χ3n) is 4.22. The average Bonchev–Trinajstić information content (AvgIpc) is 3.01. The molecule has 1 fully saturated rings. The average molecular weight is 376 g/mol. The Bertz CT molecular complexity index is 949. The first kappa shape index (κ1) is 16.4. The lowest BCUT2D eigenvalue weighted by atomic mass is 10.1. The zero-order chi connectivity index (χ0) is 17.4. The minimum Gasteiger partial charge on any atom is -0.378 e. The number of amides is 1. The molecule has 3 heterocycles. The second kappa shape index (κ2) is 6.67. The maximum atomic E-state index is 12.9. The van der Waals surface area contributed by atoms with Crippen molar-refractivity contribution in [1.29, 1.82) is 0 Å². The molecule has 1 amide bonds. The summed E-state index contributed by atoms with van der Waals surface area (Å²) in [7, 11) is 0. The van der Waals surface area contributed by atoms with Crippen molar-refractivity contribution in [2.75, 3.05) is 26.3 Å². The number of hydrogen-bond acceptors (Lipinski definition) is 3. The van der Waals surface area contributed by atoms with E-state index in [0.717, 1.165) is 11.1 Å². The Morgan fingerprint density at radius 3 is 2.68 bits per heavy atom. The Hall–Kier alpha value is -2.08. The summed E-state index contributed by atoms with van der Waals surface area (Å²) < 4.78 is 7.13. The number of imidazole rings is 1. The van der Waals surface area contributed by atoms with E-state index in [0.29, 0.717) is 47.9 Å². The van der Waals surface area contributed by atoms with Gasteiger partial charge in [0.25, 0.3) is 5.91 Å². The number of benzene rings is 1. The van der Waals surface area contributed by atoms with E-state index in [1.165, 1.54) is 0 Å². The number of aromatic nitrogens is 2. The highest BCUT2D eigenvalue weighted by atomic mass is 35.5. The molecule has 0 atom stereocenters. The summed E-state index contributed by atoms with van der Waals surface area (Å²) in [6, 6.07) is 11.0. The van der Waals surface area contributed by atoms with Crippen LogP contribution < -0.4 is 0 Å². The Morgan fingerprint density at radius 1 is 1.12 bits per heavy atom. The number of fused-ring (bicyclic) bond motifs is 1. The van der Waals surface area contributed by atoms with Crippen LogP contribution in [0.25, 0.3) is 16.8 Å². The van der Waals surface area contributed by atoms with Gasteiger partial charge in [0.05, 0.1) is 29.4 Å². The summed E-state index contributed by atoms with van der Waals surface area (Å²) in [6.07, 6.45) is 1.84. The molecule has 3 aromatic rings. The number of carbonyl (C=O) groups excluding carboxylic acids is 1. The van der Waals surface area contributed by atoms with Crippen LogP contribution in [-0.4, -0.2) is 46.5 Å². The van der Waals surface area contributed by atoms with Crippen LogP contribution in [0.4, 0.5) is 0 Å². The highest BCUT2D eigenvalue weighted by Crippen LogP contribution is 2.33. The lowest BCUT2D eigenvalue weighted by Gasteiger charge is -2.26. The van der Waals surface area contributed by atoms with Crippen molar-refractivity contribution in [3.8, 4) is 11.3 Å². The number of hydrogen-bond donors (Lipinski definition) is 0. The van der Waals surface area contributed by atoms with E-state index in [4.69, 9.17) is 27.9 Å². The fourth-order valence-corrected chi connectivity index (χ4v) is 3.47. The van der Waals surface area contributed by atoms with Gasteiger partial charge < -0.3 is 9.64 Å². The zero-order valence-electron chi connectivity index (χ0n) is 13.3. The van der Waals surface area contributed by atoms with E-state index in [1.807, 2.05) is 30.5 Å². The number of ether oxygens (including phenoxy) is 1. The number of morpholine rings is 1. The van der Waals surface area contributed by atoms with Gasteiger partial charge in [-0.15, -0.1) is 0 Å². The second-order valence-electron chi connectivity index (χ2n) is 5.77. The molecule has 1 aliphatic rings. The summed E-state index contributed by atoms with van der Waals surface area (Å²) in [4.78, 5) is 19.3. The van der Waals surface area contributed by atoms with Gasteiger partial charge >= 0.3 is 0 Å². The van der Waals surface area contributed by atoms with Crippen molar-refractivity contribution in [3.05, 3.63) is 58.5 Å². The SMILES string of the molecule is O=C(c1nc(-c2ccc(Cl)cc2Cl)c2ccccn12)N1CCOCC1. The Kier molecular flexibility index (Phi) is 4.37. The van der Waals surface area contributed by atoms with Gasteiger partial charge in [0.15, 0.2) is 0 Å². The molecule has 0 unspecified atom stereocenters. The molecule has 0 aliphatic carbocycles. The molecular formula is C18H15Cl2N3O2. The van der Waals surface area contributed by atoms with Crippen molar-refractivity contribution in [3.63, 3.8) is 0 Å². The molecule has 1 aromatic carbocycles. The van der Waals surface area contributed by atoms with E-state index in [9.17, 15) is 4.79 Å². The van der Waals surface area contributed by atoms with Gasteiger partial charge in [-0.05, 0) is 30.3 Å². The normalized spacial score (nSPS) is 14.9. The smallest absolute Gasteiger partial charge is 0.290 e. The van der Waals surface area contributed by atoms with Crippen LogP contribution in [0.1, 0.15) is 10.6 Å².